The summed E-state index contributed by atoms with van der Waals surface area (Å²) in [6.45, 7) is 9.96. The molecule has 2 N–H and O–H groups in total. The summed E-state index contributed by atoms with van der Waals surface area (Å²) in [7, 11) is 0. The lowest BCUT2D eigenvalue weighted by molar-refractivity contribution is -0.143. The molecule has 6 heteroatoms. The van der Waals surface area contributed by atoms with Gasteiger partial charge in [0, 0.05) is 37.5 Å². The number of aryl methyl sites for hydroxylation is 5. The number of ether oxygens (including phenoxy) is 2. The molecule has 0 heterocycles. The lowest BCUT2D eigenvalue weighted by atomic mass is 9.89. The van der Waals surface area contributed by atoms with E-state index in [9.17, 15) is 19.8 Å². The highest BCUT2D eigenvalue weighted by Gasteiger charge is 2.13. The molecule has 0 aromatic heterocycles. The van der Waals surface area contributed by atoms with Crippen LogP contribution in [0.15, 0.2) is 72.8 Å². The Kier molecular flexibility index (Phi) is 15.0. The van der Waals surface area contributed by atoms with Crippen LogP contribution in [0.25, 0.3) is 11.1 Å². The minimum atomic E-state index is -0.338. The first-order valence-corrected chi connectivity index (χ1v) is 16.3. The van der Waals surface area contributed by atoms with Gasteiger partial charge >= 0.3 is 11.9 Å². The van der Waals surface area contributed by atoms with Crippen molar-refractivity contribution in [3.63, 3.8) is 0 Å². The summed E-state index contributed by atoms with van der Waals surface area (Å²) in [6, 6.07) is 21.9. The van der Waals surface area contributed by atoms with Crippen LogP contribution in [0.5, 0.6) is 0 Å². The molecule has 0 saturated heterocycles. The maximum absolute atomic E-state index is 11.8. The summed E-state index contributed by atoms with van der Waals surface area (Å²) in [5.41, 5.74) is 10.1. The number of aliphatic hydroxyl groups is 2. The molecule has 0 fully saturated rings. The van der Waals surface area contributed by atoms with E-state index in [1.165, 1.54) is 38.9 Å². The van der Waals surface area contributed by atoms with Gasteiger partial charge in [0.1, 0.15) is 0 Å². The van der Waals surface area contributed by atoms with Gasteiger partial charge in [-0.3, -0.25) is 4.79 Å². The van der Waals surface area contributed by atoms with E-state index >= 15 is 0 Å². The van der Waals surface area contributed by atoms with Crippen molar-refractivity contribution >= 4 is 11.9 Å². The van der Waals surface area contributed by atoms with Crippen molar-refractivity contribution in [2.75, 3.05) is 26.4 Å². The van der Waals surface area contributed by atoms with Crippen LogP contribution in [-0.2, 0) is 57.6 Å². The number of rotatable bonds is 19. The molecule has 0 aliphatic heterocycles. The van der Waals surface area contributed by atoms with Gasteiger partial charge in [0.2, 0.25) is 0 Å². The van der Waals surface area contributed by atoms with Crippen molar-refractivity contribution < 1.29 is 29.3 Å². The van der Waals surface area contributed by atoms with Crippen LogP contribution in [0.3, 0.4) is 0 Å². The van der Waals surface area contributed by atoms with Crippen molar-refractivity contribution in [3.05, 3.63) is 106 Å². The predicted molar refractivity (Wildman–Crippen MR) is 180 cm³/mol. The highest BCUT2D eigenvalue weighted by Crippen LogP contribution is 2.31. The number of benzene rings is 3. The van der Waals surface area contributed by atoms with E-state index in [4.69, 9.17) is 9.47 Å². The molecule has 3 rings (SSSR count). The topological polar surface area (TPSA) is 93.1 Å². The normalized spacial score (nSPS) is 11.1. The minimum absolute atomic E-state index is 0.00475. The van der Waals surface area contributed by atoms with Crippen LogP contribution in [0, 0.1) is 5.92 Å². The summed E-state index contributed by atoms with van der Waals surface area (Å²) >= 11 is 0. The van der Waals surface area contributed by atoms with Gasteiger partial charge in [-0.05, 0) is 96.4 Å². The van der Waals surface area contributed by atoms with Crippen molar-refractivity contribution in [2.45, 2.75) is 78.6 Å². The summed E-state index contributed by atoms with van der Waals surface area (Å²) in [5.74, 6) is -0.621. The number of carbonyl (C=O) groups excluding carboxylic acids is 2. The van der Waals surface area contributed by atoms with Crippen LogP contribution in [0.1, 0.15) is 73.4 Å². The van der Waals surface area contributed by atoms with Crippen molar-refractivity contribution in [2.24, 2.45) is 5.92 Å². The monoisotopic (exact) mass is 614 g/mol. The highest BCUT2D eigenvalue weighted by molar-refractivity contribution is 5.86. The van der Waals surface area contributed by atoms with Crippen molar-refractivity contribution in [3.8, 4) is 11.1 Å². The lowest BCUT2D eigenvalue weighted by Gasteiger charge is -2.17. The van der Waals surface area contributed by atoms with Crippen LogP contribution < -0.4 is 0 Å². The van der Waals surface area contributed by atoms with E-state index in [0.717, 1.165) is 50.5 Å². The second-order valence-corrected chi connectivity index (χ2v) is 11.8. The maximum Gasteiger partial charge on any atom is 0.333 e. The van der Waals surface area contributed by atoms with E-state index in [-0.39, 0.29) is 31.1 Å². The van der Waals surface area contributed by atoms with Crippen LogP contribution >= 0.6 is 0 Å². The number of esters is 2. The molecule has 0 bridgehead atoms. The number of hydrogen-bond donors (Lipinski definition) is 2. The first-order chi connectivity index (χ1) is 21.8. The average Bonchev–Trinajstić information content (AvgIpc) is 3.06. The standard InChI is InChI=1S/C39H50O6/c1-5-34-24-31(15-16-33(26-40)27-41)17-19-36(34)37-20-18-32(25-35(37)21-23-44-38(42)6-2)14-13-30-11-9-29(10-12-30)8-7-22-45-39(43)28(3)4/h9-12,17-20,24-25,33,40-41H,3,5-8,13-16,21-23,26-27H2,1-2,4H3. The summed E-state index contributed by atoms with van der Waals surface area (Å²) < 4.78 is 10.7. The SMILES string of the molecule is C=C(C)C(=O)OCCCc1ccc(CCc2ccc(-c3ccc(CCC(CO)CO)cc3CC)c(CCOC(=O)CC)c2)cc1. The summed E-state index contributed by atoms with van der Waals surface area (Å²) in [5, 5.41) is 18.9. The van der Waals surface area contributed by atoms with Crippen LogP contribution in [0.2, 0.25) is 0 Å². The van der Waals surface area contributed by atoms with Gasteiger partial charge in [-0.1, -0.05) is 81.1 Å². The Morgan fingerprint density at radius 2 is 1.27 bits per heavy atom. The third kappa shape index (κ3) is 11.6. The molecule has 0 saturated carbocycles. The van der Waals surface area contributed by atoms with Gasteiger partial charge in [0.25, 0.3) is 0 Å². The largest absolute Gasteiger partial charge is 0.465 e. The van der Waals surface area contributed by atoms with Gasteiger partial charge in [-0.15, -0.1) is 0 Å². The predicted octanol–water partition coefficient (Wildman–Crippen LogP) is 6.78. The number of aliphatic hydroxyl groups excluding tert-OH is 2. The Morgan fingerprint density at radius 3 is 1.87 bits per heavy atom. The van der Waals surface area contributed by atoms with Crippen molar-refractivity contribution in [1.82, 2.24) is 0 Å². The van der Waals surface area contributed by atoms with E-state index < -0.39 is 0 Å². The second-order valence-electron chi connectivity index (χ2n) is 11.8. The molecule has 0 spiro atoms. The molecule has 45 heavy (non-hydrogen) atoms. The smallest absolute Gasteiger partial charge is 0.333 e. The molecule has 0 atom stereocenters. The molecule has 0 unspecified atom stereocenters. The number of hydrogen-bond acceptors (Lipinski definition) is 6. The summed E-state index contributed by atoms with van der Waals surface area (Å²) in [6.07, 6.45) is 6.88. The molecule has 0 radical (unpaired) electrons. The van der Waals surface area contributed by atoms with Gasteiger partial charge in [-0.25, -0.2) is 4.79 Å². The first kappa shape index (κ1) is 35.7. The molecular formula is C39H50O6. The Hall–Kier alpha value is -3.74. The van der Waals surface area contributed by atoms with E-state index in [1.54, 1.807) is 13.8 Å². The average molecular weight is 615 g/mol. The van der Waals surface area contributed by atoms with Crippen LogP contribution in [0.4, 0.5) is 0 Å². The van der Waals surface area contributed by atoms with Gasteiger partial charge < -0.3 is 19.7 Å². The Morgan fingerprint density at radius 1 is 0.711 bits per heavy atom. The van der Waals surface area contributed by atoms with Crippen molar-refractivity contribution in [1.29, 1.82) is 0 Å². The Bertz CT molecular complexity index is 1390. The molecule has 242 valence electrons. The van der Waals surface area contributed by atoms with Crippen LogP contribution in [-0.4, -0.2) is 48.6 Å². The van der Waals surface area contributed by atoms with E-state index in [1.807, 2.05) is 0 Å². The first-order valence-electron chi connectivity index (χ1n) is 16.3. The van der Waals surface area contributed by atoms with E-state index in [0.29, 0.717) is 31.6 Å². The maximum atomic E-state index is 11.8. The third-order valence-electron chi connectivity index (χ3n) is 8.21. The van der Waals surface area contributed by atoms with Gasteiger partial charge in [0.15, 0.2) is 0 Å². The lowest BCUT2D eigenvalue weighted by Crippen LogP contribution is -2.12. The molecule has 0 aliphatic rings. The fraction of sp³-hybridized carbons (Fsp3) is 0.436. The van der Waals surface area contributed by atoms with E-state index in [2.05, 4.69) is 74.2 Å². The zero-order valence-electron chi connectivity index (χ0n) is 27.3. The fourth-order valence-electron chi connectivity index (χ4n) is 5.34. The zero-order valence-corrected chi connectivity index (χ0v) is 27.3. The zero-order chi connectivity index (χ0) is 32.6. The summed E-state index contributed by atoms with van der Waals surface area (Å²) in [4.78, 5) is 23.4. The minimum Gasteiger partial charge on any atom is -0.465 e. The number of carbonyl (C=O) groups is 2. The quantitative estimate of drug-likeness (QED) is 0.0879. The Balaban J connectivity index is 1.71. The fourth-order valence-corrected chi connectivity index (χ4v) is 5.34. The molecule has 6 nitrogen and oxygen atoms in total. The molecular weight excluding hydrogens is 564 g/mol. The highest BCUT2D eigenvalue weighted by atomic mass is 16.5. The molecule has 3 aromatic rings. The molecule has 0 aliphatic carbocycles. The third-order valence-corrected chi connectivity index (χ3v) is 8.21. The van der Waals surface area contributed by atoms with Gasteiger partial charge in [-0.2, -0.15) is 0 Å². The Labute approximate surface area is 269 Å². The van der Waals surface area contributed by atoms with Gasteiger partial charge in [0.05, 0.1) is 13.2 Å². The molecule has 3 aromatic carbocycles. The second kappa shape index (κ2) is 18.9. The molecule has 0 amide bonds.